The van der Waals surface area contributed by atoms with Gasteiger partial charge in [-0.1, -0.05) is 11.6 Å². The van der Waals surface area contributed by atoms with E-state index in [9.17, 15) is 9.18 Å². The quantitative estimate of drug-likeness (QED) is 0.761. The number of hydrogen-bond donors (Lipinski definition) is 0. The number of ketones is 1. The third-order valence-corrected chi connectivity index (χ3v) is 3.00. The first-order chi connectivity index (χ1) is 7.66. The monoisotopic (exact) mass is 242 g/mol. The lowest BCUT2D eigenvalue weighted by Gasteiger charge is -2.09. The van der Waals surface area contributed by atoms with E-state index in [-0.39, 0.29) is 23.9 Å². The zero-order valence-corrected chi connectivity index (χ0v) is 9.47. The molecule has 86 valence electrons. The Labute approximate surface area is 98.4 Å². The molecule has 1 unspecified atom stereocenters. The van der Waals surface area contributed by atoms with Crippen LogP contribution < -0.4 is 0 Å². The van der Waals surface area contributed by atoms with Crippen LogP contribution in [0, 0.1) is 5.82 Å². The lowest BCUT2D eigenvalue weighted by Crippen LogP contribution is -2.13. The van der Waals surface area contributed by atoms with Crippen LogP contribution in [0.15, 0.2) is 18.2 Å². The van der Waals surface area contributed by atoms with E-state index in [1.807, 2.05) is 0 Å². The van der Waals surface area contributed by atoms with E-state index in [0.29, 0.717) is 11.6 Å². The first kappa shape index (κ1) is 11.6. The summed E-state index contributed by atoms with van der Waals surface area (Å²) < 4.78 is 18.3. The molecule has 1 aromatic rings. The minimum Gasteiger partial charge on any atom is -0.378 e. The van der Waals surface area contributed by atoms with Gasteiger partial charge in [0.2, 0.25) is 0 Å². The highest BCUT2D eigenvalue weighted by Crippen LogP contribution is 2.22. The predicted molar refractivity (Wildman–Crippen MR) is 59.3 cm³/mol. The average molecular weight is 243 g/mol. The molecule has 2 rings (SSSR count). The first-order valence-electron chi connectivity index (χ1n) is 5.26. The van der Waals surface area contributed by atoms with Gasteiger partial charge in [-0.25, -0.2) is 4.39 Å². The van der Waals surface area contributed by atoms with E-state index >= 15 is 0 Å². The Morgan fingerprint density at radius 3 is 3.06 bits per heavy atom. The highest BCUT2D eigenvalue weighted by Gasteiger charge is 2.21. The Bertz CT molecular complexity index is 400. The summed E-state index contributed by atoms with van der Waals surface area (Å²) in [5.74, 6) is -0.600. The molecule has 0 bridgehead atoms. The molecule has 16 heavy (non-hydrogen) atoms. The number of Topliss-reactive ketones (excluding diaryl/α,β-unsaturated/α-hetero) is 1. The summed E-state index contributed by atoms with van der Waals surface area (Å²) in [5, 5.41) is 0.296. The van der Waals surface area contributed by atoms with Crippen molar-refractivity contribution in [3.63, 3.8) is 0 Å². The second-order valence-electron chi connectivity index (χ2n) is 3.89. The molecule has 1 fully saturated rings. The van der Waals surface area contributed by atoms with Crippen molar-refractivity contribution in [1.82, 2.24) is 0 Å². The second kappa shape index (κ2) is 4.93. The van der Waals surface area contributed by atoms with Gasteiger partial charge in [-0.2, -0.15) is 0 Å². The number of hydrogen-bond acceptors (Lipinski definition) is 2. The molecule has 0 radical (unpaired) electrons. The Balaban J connectivity index is 2.10. The number of ether oxygens (including phenoxy) is 1. The van der Waals surface area contributed by atoms with Gasteiger partial charge < -0.3 is 4.74 Å². The molecular weight excluding hydrogens is 231 g/mol. The van der Waals surface area contributed by atoms with Crippen LogP contribution in [0.4, 0.5) is 4.39 Å². The molecule has 0 spiro atoms. The van der Waals surface area contributed by atoms with Gasteiger partial charge in [-0.3, -0.25) is 4.79 Å². The zero-order chi connectivity index (χ0) is 11.5. The van der Waals surface area contributed by atoms with Crippen molar-refractivity contribution < 1.29 is 13.9 Å². The maximum atomic E-state index is 13.0. The molecule has 0 amide bonds. The molecule has 0 N–H and O–H groups in total. The van der Waals surface area contributed by atoms with E-state index < -0.39 is 5.82 Å². The highest BCUT2D eigenvalue weighted by atomic mass is 35.5. The summed E-state index contributed by atoms with van der Waals surface area (Å²) in [6.45, 7) is 0.703. The van der Waals surface area contributed by atoms with Gasteiger partial charge in [-0.05, 0) is 31.0 Å². The minimum atomic E-state index is -0.444. The standard InChI is InChI=1S/C12H12ClFO2/c13-11-4-3-8(14)6-10(11)12(15)7-9-2-1-5-16-9/h3-4,6,9H,1-2,5,7H2. The number of halogens is 2. The van der Waals surface area contributed by atoms with Crippen LogP contribution in [-0.4, -0.2) is 18.5 Å². The van der Waals surface area contributed by atoms with Crippen molar-refractivity contribution in [2.45, 2.75) is 25.4 Å². The van der Waals surface area contributed by atoms with Gasteiger partial charge in [0.05, 0.1) is 11.1 Å². The molecule has 1 aliphatic rings. The molecule has 4 heteroatoms. The van der Waals surface area contributed by atoms with E-state index in [1.54, 1.807) is 0 Å². The van der Waals surface area contributed by atoms with E-state index in [2.05, 4.69) is 0 Å². The Morgan fingerprint density at radius 1 is 1.56 bits per heavy atom. The number of benzene rings is 1. The molecule has 1 saturated heterocycles. The molecule has 0 saturated carbocycles. The number of carbonyl (C=O) groups excluding carboxylic acids is 1. The topological polar surface area (TPSA) is 26.3 Å². The van der Waals surface area contributed by atoms with E-state index in [0.717, 1.165) is 12.8 Å². The lowest BCUT2D eigenvalue weighted by molar-refractivity contribution is 0.0775. The molecular formula is C12H12ClFO2. The maximum Gasteiger partial charge on any atom is 0.167 e. The van der Waals surface area contributed by atoms with Crippen LogP contribution >= 0.6 is 11.6 Å². The summed E-state index contributed by atoms with van der Waals surface area (Å²) in [6, 6.07) is 3.82. The van der Waals surface area contributed by atoms with Gasteiger partial charge >= 0.3 is 0 Å². The number of rotatable bonds is 3. The van der Waals surface area contributed by atoms with Crippen LogP contribution in [0.3, 0.4) is 0 Å². The van der Waals surface area contributed by atoms with Gasteiger partial charge in [0, 0.05) is 18.6 Å². The third kappa shape index (κ3) is 2.60. The van der Waals surface area contributed by atoms with Gasteiger partial charge in [-0.15, -0.1) is 0 Å². The highest BCUT2D eigenvalue weighted by molar-refractivity contribution is 6.33. The summed E-state index contributed by atoms with van der Waals surface area (Å²) in [5.41, 5.74) is 0.247. The third-order valence-electron chi connectivity index (χ3n) is 2.67. The summed E-state index contributed by atoms with van der Waals surface area (Å²) >= 11 is 5.85. The molecule has 1 aromatic carbocycles. The number of carbonyl (C=O) groups is 1. The fraction of sp³-hybridized carbons (Fsp3) is 0.417. The van der Waals surface area contributed by atoms with Crippen LogP contribution in [0.5, 0.6) is 0 Å². The van der Waals surface area contributed by atoms with Crippen molar-refractivity contribution in [1.29, 1.82) is 0 Å². The van der Waals surface area contributed by atoms with Crippen molar-refractivity contribution in [2.75, 3.05) is 6.61 Å². The van der Waals surface area contributed by atoms with E-state index in [1.165, 1.54) is 18.2 Å². The molecule has 1 atom stereocenters. The average Bonchev–Trinajstić information content (AvgIpc) is 2.74. The summed E-state index contributed by atoms with van der Waals surface area (Å²) in [4.78, 5) is 11.8. The van der Waals surface area contributed by atoms with Gasteiger partial charge in [0.15, 0.2) is 5.78 Å². The molecule has 2 nitrogen and oxygen atoms in total. The van der Waals surface area contributed by atoms with E-state index in [4.69, 9.17) is 16.3 Å². The largest absolute Gasteiger partial charge is 0.378 e. The Hall–Kier alpha value is -0.930. The Kier molecular flexibility index (Phi) is 3.56. The smallest absolute Gasteiger partial charge is 0.167 e. The normalized spacial score (nSPS) is 20.0. The van der Waals surface area contributed by atoms with Crippen molar-refractivity contribution in [2.24, 2.45) is 0 Å². The summed E-state index contributed by atoms with van der Waals surface area (Å²) in [7, 11) is 0. The lowest BCUT2D eigenvalue weighted by atomic mass is 10.0. The first-order valence-corrected chi connectivity index (χ1v) is 5.64. The van der Waals surface area contributed by atoms with Crippen molar-refractivity contribution in [3.05, 3.63) is 34.6 Å². The van der Waals surface area contributed by atoms with Crippen LogP contribution in [0.1, 0.15) is 29.6 Å². The fourth-order valence-corrected chi connectivity index (χ4v) is 2.06. The molecule has 1 heterocycles. The molecule has 0 aliphatic carbocycles. The summed E-state index contributed by atoms with van der Waals surface area (Å²) in [6.07, 6.45) is 2.11. The fourth-order valence-electron chi connectivity index (χ4n) is 1.83. The Morgan fingerprint density at radius 2 is 2.38 bits per heavy atom. The van der Waals surface area contributed by atoms with Crippen LogP contribution in [-0.2, 0) is 4.74 Å². The van der Waals surface area contributed by atoms with Crippen LogP contribution in [0.2, 0.25) is 5.02 Å². The van der Waals surface area contributed by atoms with Gasteiger partial charge in [0.25, 0.3) is 0 Å². The minimum absolute atomic E-state index is 0.0353. The zero-order valence-electron chi connectivity index (χ0n) is 8.71. The molecule has 1 aliphatic heterocycles. The predicted octanol–water partition coefficient (Wildman–Crippen LogP) is 3.23. The maximum absolute atomic E-state index is 13.0. The SMILES string of the molecule is O=C(CC1CCCO1)c1cc(F)ccc1Cl. The van der Waals surface area contributed by atoms with Crippen LogP contribution in [0.25, 0.3) is 0 Å². The van der Waals surface area contributed by atoms with Crippen molar-refractivity contribution in [3.8, 4) is 0 Å². The molecule has 0 aromatic heterocycles. The van der Waals surface area contributed by atoms with Crippen molar-refractivity contribution >= 4 is 17.4 Å². The second-order valence-corrected chi connectivity index (χ2v) is 4.29. The van der Waals surface area contributed by atoms with Gasteiger partial charge in [0.1, 0.15) is 5.82 Å².